The number of nitrogens with two attached hydrogens (primary N) is 1. The lowest BCUT2D eigenvalue weighted by atomic mass is 10.0. The van der Waals surface area contributed by atoms with E-state index in [9.17, 15) is 9.59 Å². The van der Waals surface area contributed by atoms with Crippen molar-refractivity contribution < 1.29 is 9.53 Å². The molecule has 134 valence electrons. The van der Waals surface area contributed by atoms with Crippen LogP contribution in [0.1, 0.15) is 15.9 Å². The van der Waals surface area contributed by atoms with E-state index in [0.717, 1.165) is 5.69 Å². The zero-order valence-corrected chi connectivity index (χ0v) is 15.3. The Morgan fingerprint density at radius 1 is 1.00 bits per heavy atom. The SMILES string of the molecule is COc1ccc(C(=O)c2c(N)sc3c2ccc(=O)n3-c2ccccc2)cc1. The summed E-state index contributed by atoms with van der Waals surface area (Å²) < 4.78 is 6.72. The molecule has 0 radical (unpaired) electrons. The predicted molar refractivity (Wildman–Crippen MR) is 108 cm³/mol. The van der Waals surface area contributed by atoms with Gasteiger partial charge in [-0.2, -0.15) is 0 Å². The molecule has 0 amide bonds. The van der Waals surface area contributed by atoms with Gasteiger partial charge in [-0.05, 0) is 42.5 Å². The van der Waals surface area contributed by atoms with Crippen LogP contribution in [0.3, 0.4) is 0 Å². The first kappa shape index (κ1) is 17.1. The maximum Gasteiger partial charge on any atom is 0.256 e. The molecule has 6 heteroatoms. The Morgan fingerprint density at radius 3 is 2.37 bits per heavy atom. The molecule has 0 aliphatic rings. The van der Waals surface area contributed by atoms with Gasteiger partial charge >= 0.3 is 0 Å². The molecule has 27 heavy (non-hydrogen) atoms. The second kappa shape index (κ2) is 6.74. The number of anilines is 1. The maximum absolute atomic E-state index is 13.1. The van der Waals surface area contributed by atoms with E-state index in [1.807, 2.05) is 30.3 Å². The van der Waals surface area contributed by atoms with Gasteiger partial charge < -0.3 is 10.5 Å². The van der Waals surface area contributed by atoms with E-state index < -0.39 is 0 Å². The summed E-state index contributed by atoms with van der Waals surface area (Å²) >= 11 is 1.24. The van der Waals surface area contributed by atoms with Gasteiger partial charge in [0, 0.05) is 17.0 Å². The minimum atomic E-state index is -0.181. The number of ketones is 1. The number of nitrogens with zero attached hydrogens (tertiary/aromatic N) is 1. The van der Waals surface area contributed by atoms with Crippen LogP contribution in [0, 0.1) is 0 Å². The number of ether oxygens (including phenoxy) is 1. The molecule has 5 nitrogen and oxygen atoms in total. The molecule has 0 fully saturated rings. The molecule has 0 saturated heterocycles. The number of hydrogen-bond donors (Lipinski definition) is 1. The quantitative estimate of drug-likeness (QED) is 0.549. The van der Waals surface area contributed by atoms with E-state index >= 15 is 0 Å². The molecule has 0 spiro atoms. The number of rotatable bonds is 4. The van der Waals surface area contributed by atoms with E-state index in [1.54, 1.807) is 42.0 Å². The summed E-state index contributed by atoms with van der Waals surface area (Å²) in [6.45, 7) is 0. The third-order valence-electron chi connectivity index (χ3n) is 4.36. The molecular formula is C21H16N2O3S. The lowest BCUT2D eigenvalue weighted by molar-refractivity contribution is 0.104. The van der Waals surface area contributed by atoms with Crippen molar-refractivity contribution in [2.24, 2.45) is 0 Å². The smallest absolute Gasteiger partial charge is 0.256 e. The minimum absolute atomic E-state index is 0.168. The van der Waals surface area contributed by atoms with Crippen molar-refractivity contribution in [3.05, 3.63) is 88.2 Å². The fraction of sp³-hybridized carbons (Fsp3) is 0.0476. The number of carbonyl (C=O) groups is 1. The molecule has 0 atom stereocenters. The zero-order valence-electron chi connectivity index (χ0n) is 14.5. The summed E-state index contributed by atoms with van der Waals surface area (Å²) in [7, 11) is 1.57. The van der Waals surface area contributed by atoms with Crippen LogP contribution in [0.4, 0.5) is 5.00 Å². The van der Waals surface area contributed by atoms with Gasteiger partial charge in [-0.3, -0.25) is 14.2 Å². The molecule has 0 aliphatic heterocycles. The molecule has 0 aliphatic carbocycles. The van der Waals surface area contributed by atoms with Crippen LogP contribution in [0.15, 0.2) is 71.5 Å². The second-order valence-corrected chi connectivity index (χ2v) is 6.99. The number of pyridine rings is 1. The summed E-state index contributed by atoms with van der Waals surface area (Å²) in [5.41, 5.74) is 7.70. The Bertz CT molecular complexity index is 1190. The van der Waals surface area contributed by atoms with Gasteiger partial charge in [-0.15, -0.1) is 0 Å². The summed E-state index contributed by atoms with van der Waals surface area (Å²) in [5.74, 6) is 0.493. The summed E-state index contributed by atoms with van der Waals surface area (Å²) in [6.07, 6.45) is 0. The molecule has 0 unspecified atom stereocenters. The van der Waals surface area contributed by atoms with Crippen LogP contribution in [0.25, 0.3) is 15.9 Å². The topological polar surface area (TPSA) is 74.3 Å². The number of fused-ring (bicyclic) bond motifs is 1. The van der Waals surface area contributed by atoms with Crippen molar-refractivity contribution in [2.45, 2.75) is 0 Å². The third kappa shape index (κ3) is 2.90. The van der Waals surface area contributed by atoms with Gasteiger partial charge in [0.25, 0.3) is 5.56 Å². The van der Waals surface area contributed by atoms with Crippen LogP contribution in [-0.2, 0) is 0 Å². The van der Waals surface area contributed by atoms with Crippen molar-refractivity contribution in [1.29, 1.82) is 0 Å². The molecule has 0 saturated carbocycles. The first-order valence-electron chi connectivity index (χ1n) is 8.28. The van der Waals surface area contributed by atoms with Crippen molar-refractivity contribution in [2.75, 3.05) is 12.8 Å². The number of benzene rings is 2. The average Bonchev–Trinajstić information content (AvgIpc) is 3.03. The molecule has 0 bridgehead atoms. The highest BCUT2D eigenvalue weighted by molar-refractivity contribution is 7.22. The first-order chi connectivity index (χ1) is 13.1. The van der Waals surface area contributed by atoms with Crippen molar-refractivity contribution in [3.63, 3.8) is 0 Å². The number of aromatic nitrogens is 1. The molecule has 4 aromatic rings. The lowest BCUT2D eigenvalue weighted by Crippen LogP contribution is -2.16. The van der Waals surface area contributed by atoms with E-state index in [4.69, 9.17) is 10.5 Å². The molecule has 2 aromatic heterocycles. The molecule has 2 heterocycles. The van der Waals surface area contributed by atoms with Crippen LogP contribution in [0.5, 0.6) is 5.75 Å². The molecular weight excluding hydrogens is 360 g/mol. The summed E-state index contributed by atoms with van der Waals surface area (Å²) in [5, 5.41) is 1.06. The highest BCUT2D eigenvalue weighted by atomic mass is 32.1. The standard InChI is InChI=1S/C21H16N2O3S/c1-26-15-9-7-13(8-10-15)19(25)18-16-11-12-17(24)23(21(16)27-20(18)22)14-5-3-2-4-6-14/h2-12H,22H2,1H3. The fourth-order valence-electron chi connectivity index (χ4n) is 3.04. The average molecular weight is 376 g/mol. The Hall–Kier alpha value is -3.38. The maximum atomic E-state index is 13.1. The van der Waals surface area contributed by atoms with E-state index in [1.165, 1.54) is 17.4 Å². The Balaban J connectivity index is 1.91. The predicted octanol–water partition coefficient (Wildman–Crippen LogP) is 3.87. The van der Waals surface area contributed by atoms with Gasteiger partial charge in [-0.25, -0.2) is 0 Å². The lowest BCUT2D eigenvalue weighted by Gasteiger charge is -2.07. The van der Waals surface area contributed by atoms with Gasteiger partial charge in [0.1, 0.15) is 10.6 Å². The molecule has 2 N–H and O–H groups in total. The van der Waals surface area contributed by atoms with Gasteiger partial charge in [0.2, 0.25) is 0 Å². The van der Waals surface area contributed by atoms with Crippen LogP contribution >= 0.6 is 11.3 Å². The van der Waals surface area contributed by atoms with Gasteiger partial charge in [0.05, 0.1) is 23.4 Å². The summed E-state index contributed by atoms with van der Waals surface area (Å²) in [6, 6.07) is 19.3. The highest BCUT2D eigenvalue weighted by Gasteiger charge is 2.21. The highest BCUT2D eigenvalue weighted by Crippen LogP contribution is 2.35. The Morgan fingerprint density at radius 2 is 1.70 bits per heavy atom. The van der Waals surface area contributed by atoms with Gasteiger partial charge in [0.15, 0.2) is 5.78 Å². The van der Waals surface area contributed by atoms with Crippen molar-refractivity contribution in [3.8, 4) is 11.4 Å². The summed E-state index contributed by atoms with van der Waals surface area (Å²) in [4.78, 5) is 26.2. The molecule has 2 aromatic carbocycles. The number of nitrogen functional groups attached to an aromatic ring is 1. The van der Waals surface area contributed by atoms with Crippen LogP contribution in [0.2, 0.25) is 0 Å². The zero-order chi connectivity index (χ0) is 19.0. The number of carbonyl (C=O) groups excluding carboxylic acids is 1. The number of para-hydroxylation sites is 1. The van der Waals surface area contributed by atoms with Crippen LogP contribution in [-0.4, -0.2) is 17.5 Å². The minimum Gasteiger partial charge on any atom is -0.497 e. The van der Waals surface area contributed by atoms with E-state index in [-0.39, 0.29) is 11.3 Å². The van der Waals surface area contributed by atoms with Crippen molar-refractivity contribution in [1.82, 2.24) is 4.57 Å². The second-order valence-electron chi connectivity index (χ2n) is 5.96. The third-order valence-corrected chi connectivity index (χ3v) is 5.38. The Kier molecular flexibility index (Phi) is 4.25. The van der Waals surface area contributed by atoms with Crippen molar-refractivity contribution >= 4 is 32.3 Å². The van der Waals surface area contributed by atoms with E-state index in [2.05, 4.69) is 0 Å². The monoisotopic (exact) mass is 376 g/mol. The first-order valence-corrected chi connectivity index (χ1v) is 9.10. The normalized spacial score (nSPS) is 10.9. The Labute approximate surface area is 159 Å². The van der Waals surface area contributed by atoms with Gasteiger partial charge in [-0.1, -0.05) is 29.5 Å². The molecule has 4 rings (SSSR count). The number of thiophene rings is 1. The fourth-order valence-corrected chi connectivity index (χ4v) is 4.12. The van der Waals surface area contributed by atoms with Crippen LogP contribution < -0.4 is 16.0 Å². The van der Waals surface area contributed by atoms with E-state index in [0.29, 0.717) is 32.1 Å². The number of methoxy groups -OCH3 is 1. The number of hydrogen-bond acceptors (Lipinski definition) is 5. The largest absolute Gasteiger partial charge is 0.497 e.